The molecule has 0 aliphatic heterocycles. The van der Waals surface area contributed by atoms with Crippen LogP contribution in [0, 0.1) is 0 Å². The molecule has 1 saturated carbocycles. The van der Waals surface area contributed by atoms with E-state index in [-0.39, 0.29) is 0 Å². The molecule has 17 heavy (non-hydrogen) atoms. The third-order valence-electron chi connectivity index (χ3n) is 3.35. The topological polar surface area (TPSA) is 12.0 Å². The summed E-state index contributed by atoms with van der Waals surface area (Å²) in [5.41, 5.74) is 1.28. The minimum absolute atomic E-state index is 0.730. The second-order valence-corrected chi connectivity index (χ2v) is 5.73. The van der Waals surface area contributed by atoms with Gasteiger partial charge in [0.1, 0.15) is 0 Å². The molecule has 2 atom stereocenters. The van der Waals surface area contributed by atoms with E-state index in [4.69, 9.17) is 0 Å². The average molecular weight is 247 g/mol. The van der Waals surface area contributed by atoms with Gasteiger partial charge in [-0.15, -0.1) is 0 Å². The Morgan fingerprint density at radius 1 is 1.29 bits per heavy atom. The zero-order valence-corrected chi connectivity index (χ0v) is 11.2. The zero-order chi connectivity index (χ0) is 11.9. The normalized spacial score (nSPS) is 24.5. The molecule has 1 nitrogen and oxygen atoms in total. The van der Waals surface area contributed by atoms with Crippen LogP contribution in [0.15, 0.2) is 36.4 Å². The highest BCUT2D eigenvalue weighted by molar-refractivity contribution is 7.99. The Bertz CT molecular complexity index is 347. The lowest BCUT2D eigenvalue weighted by Crippen LogP contribution is -2.26. The van der Waals surface area contributed by atoms with E-state index in [9.17, 15) is 0 Å². The summed E-state index contributed by atoms with van der Waals surface area (Å²) in [7, 11) is 0. The van der Waals surface area contributed by atoms with E-state index in [2.05, 4.69) is 54.1 Å². The molecule has 1 fully saturated rings. The highest BCUT2D eigenvalue weighted by Crippen LogP contribution is 2.27. The Morgan fingerprint density at radius 3 is 2.82 bits per heavy atom. The molecule has 1 aliphatic carbocycles. The standard InChI is InChI=1S/C15H21NS/c1-17-15-10-9-14(12-15)16-11-5-8-13-6-3-2-4-7-13/h2-8,14-16H,9-12H2,1H3/b8-5+. The Labute approximate surface area is 109 Å². The van der Waals surface area contributed by atoms with Crippen LogP contribution in [0.4, 0.5) is 0 Å². The number of hydrogen-bond acceptors (Lipinski definition) is 2. The van der Waals surface area contributed by atoms with Crippen LogP contribution in [-0.4, -0.2) is 24.1 Å². The molecule has 0 radical (unpaired) electrons. The lowest BCUT2D eigenvalue weighted by atomic mass is 10.2. The first-order valence-corrected chi connectivity index (χ1v) is 7.65. The average Bonchev–Trinajstić information content (AvgIpc) is 2.84. The molecule has 0 saturated heterocycles. The smallest absolute Gasteiger partial charge is 0.0140 e. The van der Waals surface area contributed by atoms with Crippen molar-refractivity contribution in [2.75, 3.05) is 12.8 Å². The maximum atomic E-state index is 3.62. The van der Waals surface area contributed by atoms with Crippen molar-refractivity contribution in [3.63, 3.8) is 0 Å². The Hall–Kier alpha value is -0.730. The fourth-order valence-electron chi connectivity index (χ4n) is 2.33. The molecule has 0 heterocycles. The van der Waals surface area contributed by atoms with Gasteiger partial charge in [0, 0.05) is 17.8 Å². The molecule has 1 aliphatic rings. The van der Waals surface area contributed by atoms with Gasteiger partial charge in [0.05, 0.1) is 0 Å². The minimum Gasteiger partial charge on any atom is -0.310 e. The van der Waals surface area contributed by atoms with E-state index in [1.54, 1.807) is 0 Å². The van der Waals surface area contributed by atoms with Crippen molar-refractivity contribution in [1.82, 2.24) is 5.32 Å². The highest BCUT2D eigenvalue weighted by atomic mass is 32.2. The molecule has 1 N–H and O–H groups in total. The van der Waals surface area contributed by atoms with E-state index >= 15 is 0 Å². The number of thioether (sulfide) groups is 1. The minimum atomic E-state index is 0.730. The quantitative estimate of drug-likeness (QED) is 0.853. The van der Waals surface area contributed by atoms with Crippen LogP contribution in [-0.2, 0) is 0 Å². The molecule has 0 bridgehead atoms. The van der Waals surface area contributed by atoms with Gasteiger partial charge >= 0.3 is 0 Å². The summed E-state index contributed by atoms with van der Waals surface area (Å²) < 4.78 is 0. The van der Waals surface area contributed by atoms with Crippen LogP contribution in [0.3, 0.4) is 0 Å². The van der Waals surface area contributed by atoms with Gasteiger partial charge in [0.15, 0.2) is 0 Å². The lowest BCUT2D eigenvalue weighted by Gasteiger charge is -2.10. The molecule has 2 unspecified atom stereocenters. The predicted octanol–water partition coefficient (Wildman–Crippen LogP) is 3.57. The Balaban J connectivity index is 1.68. The third-order valence-corrected chi connectivity index (χ3v) is 4.45. The number of benzene rings is 1. The fraction of sp³-hybridized carbons (Fsp3) is 0.467. The van der Waals surface area contributed by atoms with Crippen LogP contribution in [0.25, 0.3) is 6.08 Å². The van der Waals surface area contributed by atoms with Crippen molar-refractivity contribution >= 4 is 17.8 Å². The molecule has 2 heteroatoms. The summed E-state index contributed by atoms with van der Waals surface area (Å²) in [5, 5.41) is 4.50. The van der Waals surface area contributed by atoms with E-state index in [0.29, 0.717) is 0 Å². The molecule has 92 valence electrons. The summed E-state index contributed by atoms with van der Waals surface area (Å²) in [5.74, 6) is 0. The Morgan fingerprint density at radius 2 is 2.12 bits per heavy atom. The van der Waals surface area contributed by atoms with Gasteiger partial charge in [-0.05, 0) is 31.1 Å². The van der Waals surface area contributed by atoms with Crippen molar-refractivity contribution in [2.24, 2.45) is 0 Å². The number of hydrogen-bond donors (Lipinski definition) is 1. The van der Waals surface area contributed by atoms with Crippen LogP contribution in [0.2, 0.25) is 0 Å². The van der Waals surface area contributed by atoms with Crippen molar-refractivity contribution in [1.29, 1.82) is 0 Å². The molecule has 0 aromatic heterocycles. The number of rotatable bonds is 5. The van der Waals surface area contributed by atoms with Crippen LogP contribution >= 0.6 is 11.8 Å². The first-order valence-electron chi connectivity index (χ1n) is 6.36. The van der Waals surface area contributed by atoms with E-state index in [1.807, 2.05) is 11.8 Å². The maximum Gasteiger partial charge on any atom is 0.0140 e. The molecule has 2 rings (SSSR count). The highest BCUT2D eigenvalue weighted by Gasteiger charge is 2.22. The van der Waals surface area contributed by atoms with E-state index in [0.717, 1.165) is 17.8 Å². The van der Waals surface area contributed by atoms with Crippen LogP contribution in [0.1, 0.15) is 24.8 Å². The maximum absolute atomic E-state index is 3.62. The van der Waals surface area contributed by atoms with Gasteiger partial charge in [-0.3, -0.25) is 0 Å². The predicted molar refractivity (Wildman–Crippen MR) is 78.4 cm³/mol. The van der Waals surface area contributed by atoms with Gasteiger partial charge < -0.3 is 5.32 Å². The second-order valence-electron chi connectivity index (χ2n) is 4.59. The van der Waals surface area contributed by atoms with Crippen molar-refractivity contribution in [3.8, 4) is 0 Å². The molecule has 0 amide bonds. The summed E-state index contributed by atoms with van der Waals surface area (Å²) >= 11 is 2.01. The molecule has 1 aromatic rings. The van der Waals surface area contributed by atoms with Crippen molar-refractivity contribution in [2.45, 2.75) is 30.6 Å². The Kier molecular flexibility index (Phi) is 5.14. The van der Waals surface area contributed by atoms with Crippen LogP contribution in [0.5, 0.6) is 0 Å². The second kappa shape index (κ2) is 6.87. The fourth-order valence-corrected chi connectivity index (χ4v) is 3.13. The molecule has 0 spiro atoms. The first-order chi connectivity index (χ1) is 8.38. The van der Waals surface area contributed by atoms with E-state index < -0.39 is 0 Å². The monoisotopic (exact) mass is 247 g/mol. The summed E-state index contributed by atoms with van der Waals surface area (Å²) in [4.78, 5) is 0. The molecular weight excluding hydrogens is 226 g/mol. The summed E-state index contributed by atoms with van der Waals surface area (Å²) in [6, 6.07) is 11.2. The third kappa shape index (κ3) is 4.21. The van der Waals surface area contributed by atoms with E-state index in [1.165, 1.54) is 24.8 Å². The SMILES string of the molecule is CSC1CCC(NC/C=C/c2ccccc2)C1. The first kappa shape index (κ1) is 12.7. The largest absolute Gasteiger partial charge is 0.310 e. The van der Waals surface area contributed by atoms with Crippen molar-refractivity contribution in [3.05, 3.63) is 42.0 Å². The zero-order valence-electron chi connectivity index (χ0n) is 10.4. The van der Waals surface area contributed by atoms with Gasteiger partial charge in [0.25, 0.3) is 0 Å². The van der Waals surface area contributed by atoms with Gasteiger partial charge in [-0.25, -0.2) is 0 Å². The van der Waals surface area contributed by atoms with Crippen molar-refractivity contribution < 1.29 is 0 Å². The van der Waals surface area contributed by atoms with Gasteiger partial charge in [0.2, 0.25) is 0 Å². The summed E-state index contributed by atoms with van der Waals surface area (Å²) in [6.45, 7) is 0.987. The van der Waals surface area contributed by atoms with Gasteiger partial charge in [-0.2, -0.15) is 11.8 Å². The molecular formula is C15H21NS. The summed E-state index contributed by atoms with van der Waals surface area (Å²) in [6.07, 6.45) is 10.7. The lowest BCUT2D eigenvalue weighted by molar-refractivity contribution is 0.558. The molecule has 1 aromatic carbocycles. The van der Waals surface area contributed by atoms with Crippen LogP contribution < -0.4 is 5.32 Å². The van der Waals surface area contributed by atoms with Gasteiger partial charge in [-0.1, -0.05) is 42.5 Å². The number of nitrogens with one attached hydrogen (secondary N) is 1.